The van der Waals surface area contributed by atoms with Gasteiger partial charge in [-0.2, -0.15) is 13.2 Å². The molecule has 0 saturated carbocycles. The van der Waals surface area contributed by atoms with Crippen molar-refractivity contribution in [2.45, 2.75) is 43.1 Å². The van der Waals surface area contributed by atoms with E-state index in [4.69, 9.17) is 0 Å². The number of carbonyl (C=O) groups excluding carboxylic acids is 1. The molecule has 1 atom stereocenters. The van der Waals surface area contributed by atoms with E-state index in [0.29, 0.717) is 9.37 Å². The summed E-state index contributed by atoms with van der Waals surface area (Å²) in [7, 11) is 0. The molecule has 0 saturated heterocycles. The Morgan fingerprint density at radius 1 is 1.30 bits per heavy atom. The Morgan fingerprint density at radius 3 is 2.63 bits per heavy atom. The zero-order chi connectivity index (χ0) is 20.2. The van der Waals surface area contributed by atoms with Crippen LogP contribution in [0.4, 0.5) is 18.9 Å². The fourth-order valence-corrected chi connectivity index (χ4v) is 3.57. The number of aromatic nitrogens is 1. The summed E-state index contributed by atoms with van der Waals surface area (Å²) < 4.78 is 42.0. The highest BCUT2D eigenvalue weighted by atomic mass is 79.9. The molecule has 0 aliphatic carbocycles. The first kappa shape index (κ1) is 21.6. The van der Waals surface area contributed by atoms with Crippen molar-refractivity contribution in [1.82, 2.24) is 4.57 Å². The van der Waals surface area contributed by atoms with Gasteiger partial charge in [-0.25, -0.2) is 0 Å². The van der Waals surface area contributed by atoms with Crippen LogP contribution in [0.5, 0.6) is 0 Å². The SMILES string of the molecule is CCC(C)Sc1ccc(NC(=O)Cn2cc(Br)ccc2=O)c(C(F)(F)F)c1. The van der Waals surface area contributed by atoms with Crippen LogP contribution >= 0.6 is 27.7 Å². The van der Waals surface area contributed by atoms with E-state index in [9.17, 15) is 22.8 Å². The Hall–Kier alpha value is -1.74. The molecule has 146 valence electrons. The van der Waals surface area contributed by atoms with Crippen LogP contribution in [0.15, 0.2) is 50.7 Å². The Labute approximate surface area is 167 Å². The fourth-order valence-electron chi connectivity index (χ4n) is 2.23. The van der Waals surface area contributed by atoms with Crippen LogP contribution in [-0.2, 0) is 17.5 Å². The molecule has 1 N–H and O–H groups in total. The van der Waals surface area contributed by atoms with Gasteiger partial charge in [0.1, 0.15) is 6.54 Å². The van der Waals surface area contributed by atoms with E-state index >= 15 is 0 Å². The summed E-state index contributed by atoms with van der Waals surface area (Å²) >= 11 is 4.53. The van der Waals surface area contributed by atoms with Crippen LogP contribution in [0.2, 0.25) is 0 Å². The number of nitrogens with zero attached hydrogens (tertiary/aromatic N) is 1. The lowest BCUT2D eigenvalue weighted by Gasteiger charge is -2.17. The third kappa shape index (κ3) is 6.14. The third-order valence-corrected chi connectivity index (χ3v) is 5.47. The minimum Gasteiger partial charge on any atom is -0.324 e. The van der Waals surface area contributed by atoms with Crippen LogP contribution in [-0.4, -0.2) is 15.7 Å². The molecule has 1 aromatic carbocycles. The number of benzene rings is 1. The largest absolute Gasteiger partial charge is 0.418 e. The molecule has 27 heavy (non-hydrogen) atoms. The van der Waals surface area contributed by atoms with Gasteiger partial charge in [0, 0.05) is 26.9 Å². The van der Waals surface area contributed by atoms with Gasteiger partial charge >= 0.3 is 6.18 Å². The summed E-state index contributed by atoms with van der Waals surface area (Å²) in [5.74, 6) is -0.719. The molecular formula is C18H18BrF3N2O2S. The topological polar surface area (TPSA) is 51.1 Å². The fraction of sp³-hybridized carbons (Fsp3) is 0.333. The molecule has 4 nitrogen and oxygen atoms in total. The summed E-state index contributed by atoms with van der Waals surface area (Å²) in [5.41, 5.74) is -1.67. The van der Waals surface area contributed by atoms with Crippen LogP contribution in [0.1, 0.15) is 25.8 Å². The number of nitrogens with one attached hydrogen (secondary N) is 1. The molecule has 2 rings (SSSR count). The van der Waals surface area contributed by atoms with E-state index < -0.39 is 23.2 Å². The van der Waals surface area contributed by atoms with Crippen molar-refractivity contribution in [3.05, 3.63) is 56.9 Å². The van der Waals surface area contributed by atoms with Gasteiger partial charge in [-0.1, -0.05) is 13.8 Å². The molecular weight excluding hydrogens is 445 g/mol. The van der Waals surface area contributed by atoms with E-state index in [1.54, 1.807) is 6.07 Å². The van der Waals surface area contributed by atoms with E-state index in [0.717, 1.165) is 17.1 Å². The van der Waals surface area contributed by atoms with Crippen molar-refractivity contribution in [2.75, 3.05) is 5.32 Å². The lowest BCUT2D eigenvalue weighted by atomic mass is 10.1. The average molecular weight is 463 g/mol. The highest BCUT2D eigenvalue weighted by Gasteiger charge is 2.34. The summed E-state index contributed by atoms with van der Waals surface area (Å²) in [6.45, 7) is 3.50. The van der Waals surface area contributed by atoms with Crippen molar-refractivity contribution in [3.8, 4) is 0 Å². The first-order chi connectivity index (χ1) is 12.6. The van der Waals surface area contributed by atoms with E-state index in [-0.39, 0.29) is 17.5 Å². The number of carbonyl (C=O) groups is 1. The van der Waals surface area contributed by atoms with E-state index in [1.165, 1.54) is 36.2 Å². The molecule has 1 aromatic heterocycles. The number of pyridine rings is 1. The van der Waals surface area contributed by atoms with Gasteiger partial charge in [-0.05, 0) is 46.6 Å². The number of rotatable bonds is 6. The predicted molar refractivity (Wildman–Crippen MR) is 104 cm³/mol. The van der Waals surface area contributed by atoms with Gasteiger partial charge < -0.3 is 9.88 Å². The van der Waals surface area contributed by atoms with Crippen molar-refractivity contribution in [2.24, 2.45) is 0 Å². The molecule has 0 aliphatic rings. The van der Waals surface area contributed by atoms with E-state index in [2.05, 4.69) is 21.2 Å². The monoisotopic (exact) mass is 462 g/mol. The third-order valence-electron chi connectivity index (χ3n) is 3.74. The average Bonchev–Trinajstić information content (AvgIpc) is 2.58. The summed E-state index contributed by atoms with van der Waals surface area (Å²) in [4.78, 5) is 24.4. The van der Waals surface area contributed by atoms with Crippen LogP contribution < -0.4 is 10.9 Å². The maximum atomic E-state index is 13.4. The molecule has 0 bridgehead atoms. The standard InChI is InChI=1S/C18H18BrF3N2O2S/c1-3-11(2)27-13-5-6-15(14(8-13)18(20,21)22)23-16(25)10-24-9-12(19)4-7-17(24)26/h4-9,11H,3,10H2,1-2H3,(H,23,25). The number of hydrogen-bond acceptors (Lipinski definition) is 3. The molecule has 1 unspecified atom stereocenters. The second-order valence-electron chi connectivity index (χ2n) is 5.90. The highest BCUT2D eigenvalue weighted by molar-refractivity contribution is 9.10. The lowest BCUT2D eigenvalue weighted by molar-refractivity contribution is -0.137. The first-order valence-corrected chi connectivity index (χ1v) is 9.81. The van der Waals surface area contributed by atoms with Gasteiger partial charge in [0.15, 0.2) is 0 Å². The Balaban J connectivity index is 2.25. The zero-order valence-corrected chi connectivity index (χ0v) is 17.0. The maximum Gasteiger partial charge on any atom is 0.418 e. The van der Waals surface area contributed by atoms with Crippen molar-refractivity contribution < 1.29 is 18.0 Å². The second-order valence-corrected chi connectivity index (χ2v) is 8.33. The van der Waals surface area contributed by atoms with Crippen LogP contribution in [0, 0.1) is 0 Å². The quantitative estimate of drug-likeness (QED) is 0.603. The zero-order valence-electron chi connectivity index (χ0n) is 14.6. The Morgan fingerprint density at radius 2 is 2.00 bits per heavy atom. The van der Waals surface area contributed by atoms with Crippen molar-refractivity contribution in [1.29, 1.82) is 0 Å². The molecule has 1 heterocycles. The van der Waals surface area contributed by atoms with Crippen molar-refractivity contribution >= 4 is 39.3 Å². The number of halogens is 4. The molecule has 1 amide bonds. The number of amides is 1. The first-order valence-electron chi connectivity index (χ1n) is 8.14. The lowest BCUT2D eigenvalue weighted by Crippen LogP contribution is -2.27. The summed E-state index contributed by atoms with van der Waals surface area (Å²) in [5, 5.41) is 2.44. The van der Waals surface area contributed by atoms with Crippen LogP contribution in [0.3, 0.4) is 0 Å². The van der Waals surface area contributed by atoms with Gasteiger partial charge in [0.25, 0.3) is 5.56 Å². The smallest absolute Gasteiger partial charge is 0.324 e. The van der Waals surface area contributed by atoms with Crippen LogP contribution in [0.25, 0.3) is 0 Å². The van der Waals surface area contributed by atoms with Gasteiger partial charge in [-0.15, -0.1) is 11.8 Å². The van der Waals surface area contributed by atoms with Gasteiger partial charge in [-0.3, -0.25) is 9.59 Å². The maximum absolute atomic E-state index is 13.4. The molecule has 0 fully saturated rings. The van der Waals surface area contributed by atoms with Gasteiger partial charge in [0.05, 0.1) is 11.3 Å². The molecule has 2 aromatic rings. The minimum atomic E-state index is -4.61. The van der Waals surface area contributed by atoms with Crippen molar-refractivity contribution in [3.63, 3.8) is 0 Å². The Bertz CT molecular complexity index is 884. The highest BCUT2D eigenvalue weighted by Crippen LogP contribution is 2.38. The van der Waals surface area contributed by atoms with E-state index in [1.807, 2.05) is 13.8 Å². The summed E-state index contributed by atoms with van der Waals surface area (Å²) in [6, 6.07) is 6.62. The second kappa shape index (κ2) is 8.97. The number of thioether (sulfide) groups is 1. The molecule has 0 radical (unpaired) electrons. The molecule has 0 aliphatic heterocycles. The minimum absolute atomic E-state index is 0.176. The summed E-state index contributed by atoms with van der Waals surface area (Å²) in [6.07, 6.45) is -2.38. The normalized spacial score (nSPS) is 12.7. The number of alkyl halides is 3. The Kier molecular flexibility index (Phi) is 7.16. The number of anilines is 1. The van der Waals surface area contributed by atoms with Gasteiger partial charge in [0.2, 0.25) is 5.91 Å². The number of hydrogen-bond donors (Lipinski definition) is 1. The predicted octanol–water partition coefficient (Wildman–Crippen LogP) is 5.16. The molecule has 9 heteroatoms. The molecule has 0 spiro atoms.